The van der Waals surface area contributed by atoms with Crippen LogP contribution in [-0.4, -0.2) is 16.1 Å². The summed E-state index contributed by atoms with van der Waals surface area (Å²) in [4.78, 5) is 15.0. The Morgan fingerprint density at radius 2 is 2.16 bits per heavy atom. The van der Waals surface area contributed by atoms with Crippen molar-refractivity contribution in [2.24, 2.45) is 0 Å². The van der Waals surface area contributed by atoms with Gasteiger partial charge in [0.25, 0.3) is 0 Å². The van der Waals surface area contributed by atoms with Gasteiger partial charge in [-0.25, -0.2) is 9.78 Å². The maximum absolute atomic E-state index is 11.0. The number of nitrogen functional groups attached to an aromatic ring is 1. The molecule has 2 aromatic rings. The third kappa shape index (κ3) is 3.07. The van der Waals surface area contributed by atoms with Gasteiger partial charge in [-0.2, -0.15) is 0 Å². The molecular weight excluding hydrogens is 381 g/mol. The fourth-order valence-electron chi connectivity index (χ4n) is 1.48. The highest BCUT2D eigenvalue weighted by Crippen LogP contribution is 2.29. The number of nitrogens with one attached hydrogen (secondary N) is 1. The Bertz CT molecular complexity index is 649. The van der Waals surface area contributed by atoms with E-state index in [1.54, 1.807) is 12.1 Å². The first-order chi connectivity index (χ1) is 8.99. The zero-order chi connectivity index (χ0) is 14.0. The number of aromatic nitrogens is 1. The van der Waals surface area contributed by atoms with E-state index in [0.29, 0.717) is 10.7 Å². The van der Waals surface area contributed by atoms with E-state index in [9.17, 15) is 4.79 Å². The van der Waals surface area contributed by atoms with Crippen molar-refractivity contribution < 1.29 is 9.90 Å². The smallest absolute Gasteiger partial charge is 0.337 e. The van der Waals surface area contributed by atoms with Crippen LogP contribution in [0.5, 0.6) is 0 Å². The van der Waals surface area contributed by atoms with Gasteiger partial charge in [-0.1, -0.05) is 11.6 Å². The van der Waals surface area contributed by atoms with Gasteiger partial charge >= 0.3 is 5.97 Å². The minimum Gasteiger partial charge on any atom is -0.478 e. The topological polar surface area (TPSA) is 88.2 Å². The Morgan fingerprint density at radius 1 is 1.42 bits per heavy atom. The molecule has 0 bridgehead atoms. The molecule has 4 N–H and O–H groups in total. The summed E-state index contributed by atoms with van der Waals surface area (Å²) in [5.41, 5.74) is 6.45. The summed E-state index contributed by atoms with van der Waals surface area (Å²) >= 11 is 8.23. The van der Waals surface area contributed by atoms with E-state index >= 15 is 0 Å². The summed E-state index contributed by atoms with van der Waals surface area (Å²) in [6, 6.07) is 6.77. The van der Waals surface area contributed by atoms with Crippen LogP contribution < -0.4 is 11.1 Å². The maximum Gasteiger partial charge on any atom is 0.337 e. The SMILES string of the molecule is Nc1c(C(=O)O)ccnc1Nc1ccc(I)cc1Cl. The van der Waals surface area contributed by atoms with Gasteiger partial charge in [0, 0.05) is 9.77 Å². The van der Waals surface area contributed by atoms with Crippen molar-refractivity contribution in [1.82, 2.24) is 4.98 Å². The average Bonchev–Trinajstić information content (AvgIpc) is 2.34. The van der Waals surface area contributed by atoms with Gasteiger partial charge in [0.2, 0.25) is 0 Å². The number of nitrogens with zero attached hydrogens (tertiary/aromatic N) is 1. The number of hydrogen-bond donors (Lipinski definition) is 3. The Kier molecular flexibility index (Phi) is 4.11. The molecule has 1 heterocycles. The van der Waals surface area contributed by atoms with Crippen LogP contribution in [0.4, 0.5) is 17.2 Å². The molecule has 1 aromatic heterocycles. The van der Waals surface area contributed by atoms with E-state index in [0.717, 1.165) is 3.57 Å². The Hall–Kier alpha value is -1.54. The molecule has 7 heteroatoms. The lowest BCUT2D eigenvalue weighted by molar-refractivity contribution is 0.0698. The van der Waals surface area contributed by atoms with E-state index in [1.165, 1.54) is 12.3 Å². The molecular formula is C12H9ClIN3O2. The highest BCUT2D eigenvalue weighted by Gasteiger charge is 2.13. The molecule has 0 amide bonds. The van der Waals surface area contributed by atoms with Gasteiger partial charge in [0.15, 0.2) is 5.82 Å². The van der Waals surface area contributed by atoms with E-state index < -0.39 is 5.97 Å². The zero-order valence-electron chi connectivity index (χ0n) is 9.52. The molecule has 0 aliphatic heterocycles. The zero-order valence-corrected chi connectivity index (χ0v) is 12.4. The van der Waals surface area contributed by atoms with E-state index in [-0.39, 0.29) is 17.1 Å². The predicted molar refractivity (Wildman–Crippen MR) is 83.1 cm³/mol. The molecule has 0 unspecified atom stereocenters. The molecule has 1 aromatic carbocycles. The van der Waals surface area contributed by atoms with Crippen molar-refractivity contribution >= 4 is 57.4 Å². The largest absolute Gasteiger partial charge is 0.478 e. The number of carboxylic acid groups (broad SMARTS) is 1. The lowest BCUT2D eigenvalue weighted by Gasteiger charge is -2.11. The quantitative estimate of drug-likeness (QED) is 0.701. The summed E-state index contributed by atoms with van der Waals surface area (Å²) < 4.78 is 0.994. The summed E-state index contributed by atoms with van der Waals surface area (Å²) in [5.74, 6) is -0.834. The maximum atomic E-state index is 11.0. The van der Waals surface area contributed by atoms with Gasteiger partial charge in [-0.3, -0.25) is 0 Å². The number of halogens is 2. The molecule has 0 radical (unpaired) electrons. The second-order valence-corrected chi connectivity index (χ2v) is 5.33. The monoisotopic (exact) mass is 389 g/mol. The molecule has 0 saturated carbocycles. The molecule has 0 aliphatic rings. The fourth-order valence-corrected chi connectivity index (χ4v) is 2.38. The molecule has 0 atom stereocenters. The fraction of sp³-hybridized carbons (Fsp3) is 0. The second-order valence-electron chi connectivity index (χ2n) is 3.68. The van der Waals surface area contributed by atoms with Gasteiger partial charge in [-0.15, -0.1) is 0 Å². The average molecular weight is 390 g/mol. The number of carboxylic acids is 1. The molecule has 19 heavy (non-hydrogen) atoms. The lowest BCUT2D eigenvalue weighted by atomic mass is 10.2. The number of aromatic carboxylic acids is 1. The van der Waals surface area contributed by atoms with Gasteiger partial charge in [0.1, 0.15) is 0 Å². The molecule has 0 saturated heterocycles. The highest BCUT2D eigenvalue weighted by atomic mass is 127. The molecule has 98 valence electrons. The van der Waals surface area contributed by atoms with Crippen molar-refractivity contribution in [3.05, 3.63) is 44.6 Å². The van der Waals surface area contributed by atoms with Crippen molar-refractivity contribution in [3.8, 4) is 0 Å². The van der Waals surface area contributed by atoms with Crippen LogP contribution in [0.2, 0.25) is 5.02 Å². The van der Waals surface area contributed by atoms with Crippen LogP contribution in [0.25, 0.3) is 0 Å². The molecule has 0 fully saturated rings. The third-order valence-electron chi connectivity index (χ3n) is 2.40. The molecule has 5 nitrogen and oxygen atoms in total. The Balaban J connectivity index is 2.38. The number of hydrogen-bond acceptors (Lipinski definition) is 4. The standard InChI is InChI=1S/C12H9ClIN3O2/c13-8-5-6(14)1-2-9(8)17-11-10(15)7(12(18)19)3-4-16-11/h1-5H,15H2,(H,16,17)(H,18,19). The Morgan fingerprint density at radius 3 is 2.79 bits per heavy atom. The normalized spacial score (nSPS) is 10.2. The van der Waals surface area contributed by atoms with Crippen molar-refractivity contribution in [3.63, 3.8) is 0 Å². The van der Waals surface area contributed by atoms with E-state index in [1.807, 2.05) is 6.07 Å². The summed E-state index contributed by atoms with van der Waals surface area (Å²) in [7, 11) is 0. The number of anilines is 3. The van der Waals surface area contributed by atoms with Gasteiger partial charge in [0.05, 0.1) is 22.0 Å². The third-order valence-corrected chi connectivity index (χ3v) is 3.39. The van der Waals surface area contributed by atoms with Gasteiger partial charge < -0.3 is 16.2 Å². The molecule has 0 aliphatic carbocycles. The van der Waals surface area contributed by atoms with Crippen LogP contribution in [0.15, 0.2) is 30.5 Å². The van der Waals surface area contributed by atoms with Crippen LogP contribution in [0.1, 0.15) is 10.4 Å². The van der Waals surface area contributed by atoms with Crippen LogP contribution in [0.3, 0.4) is 0 Å². The number of nitrogens with two attached hydrogens (primary N) is 1. The second kappa shape index (κ2) is 5.62. The first kappa shape index (κ1) is 13.9. The van der Waals surface area contributed by atoms with Crippen LogP contribution in [0, 0.1) is 3.57 Å². The minimum absolute atomic E-state index is 0.000802. The number of carbonyl (C=O) groups is 1. The summed E-state index contributed by atoms with van der Waals surface area (Å²) in [6.45, 7) is 0. The van der Waals surface area contributed by atoms with Crippen molar-refractivity contribution in [1.29, 1.82) is 0 Å². The van der Waals surface area contributed by atoms with Crippen LogP contribution in [-0.2, 0) is 0 Å². The van der Waals surface area contributed by atoms with Crippen molar-refractivity contribution in [2.45, 2.75) is 0 Å². The minimum atomic E-state index is -1.10. The summed E-state index contributed by atoms with van der Waals surface area (Å²) in [5, 5.41) is 12.4. The number of rotatable bonds is 3. The van der Waals surface area contributed by atoms with E-state index in [2.05, 4.69) is 32.9 Å². The number of benzene rings is 1. The predicted octanol–water partition coefficient (Wildman–Crippen LogP) is 3.36. The Labute approximate surface area is 127 Å². The van der Waals surface area contributed by atoms with Crippen molar-refractivity contribution in [2.75, 3.05) is 11.1 Å². The van der Waals surface area contributed by atoms with Crippen LogP contribution >= 0.6 is 34.2 Å². The number of pyridine rings is 1. The summed E-state index contributed by atoms with van der Waals surface area (Å²) in [6.07, 6.45) is 1.38. The first-order valence-corrected chi connectivity index (χ1v) is 6.64. The van der Waals surface area contributed by atoms with Gasteiger partial charge in [-0.05, 0) is 46.9 Å². The van der Waals surface area contributed by atoms with E-state index in [4.69, 9.17) is 22.4 Å². The molecule has 0 spiro atoms. The lowest BCUT2D eigenvalue weighted by Crippen LogP contribution is -2.07. The molecule has 2 rings (SSSR count). The highest BCUT2D eigenvalue weighted by molar-refractivity contribution is 14.1. The first-order valence-electron chi connectivity index (χ1n) is 5.19.